The number of carbonyl (C=O) groups is 2. The van der Waals surface area contributed by atoms with E-state index >= 15 is 0 Å². The zero-order chi connectivity index (χ0) is 19.4. The van der Waals surface area contributed by atoms with Crippen LogP contribution in [0, 0.1) is 6.92 Å². The number of benzene rings is 2. The summed E-state index contributed by atoms with van der Waals surface area (Å²) in [6.45, 7) is 3.36. The van der Waals surface area contributed by atoms with Crippen molar-refractivity contribution >= 4 is 40.6 Å². The molecule has 0 aliphatic rings. The number of Topliss-reactive ketones (excluding diaryl/α,β-unsaturated/α-hetero) is 1. The van der Waals surface area contributed by atoms with E-state index in [9.17, 15) is 9.59 Å². The molecular weight excluding hydrogens is 364 g/mol. The molecule has 0 unspecified atom stereocenters. The number of rotatable bonds is 5. The van der Waals surface area contributed by atoms with Gasteiger partial charge in [0.15, 0.2) is 5.78 Å². The molecular formula is C20H17ClN4O2. The Morgan fingerprint density at radius 1 is 1.00 bits per heavy atom. The Bertz CT molecular complexity index is 1000. The standard InChI is InChI=1S/C20H17ClN4O2/c1-12-17(21)7-4-8-18(12)25-20-22-10-15(11-23-20)19(27)24-16-6-3-5-14(9-16)13(2)26/h3-11H,1-2H3,(H,24,27)(H,22,23,25). The molecule has 0 fully saturated rings. The maximum atomic E-state index is 12.3. The van der Waals surface area contributed by atoms with Crippen LogP contribution in [0.25, 0.3) is 0 Å². The van der Waals surface area contributed by atoms with E-state index in [1.165, 1.54) is 19.3 Å². The fraction of sp³-hybridized carbons (Fsp3) is 0.100. The summed E-state index contributed by atoms with van der Waals surface area (Å²) in [5, 5.41) is 6.45. The predicted molar refractivity (Wildman–Crippen MR) is 106 cm³/mol. The van der Waals surface area contributed by atoms with Crippen LogP contribution in [0.3, 0.4) is 0 Å². The molecule has 0 bridgehead atoms. The fourth-order valence-electron chi connectivity index (χ4n) is 2.39. The maximum Gasteiger partial charge on any atom is 0.258 e. The molecule has 136 valence electrons. The molecule has 0 aliphatic heterocycles. The lowest BCUT2D eigenvalue weighted by atomic mass is 10.1. The molecule has 3 rings (SSSR count). The number of aromatic nitrogens is 2. The second-order valence-electron chi connectivity index (χ2n) is 5.92. The molecule has 27 heavy (non-hydrogen) atoms. The van der Waals surface area contributed by atoms with Crippen molar-refractivity contribution in [1.82, 2.24) is 9.97 Å². The van der Waals surface area contributed by atoms with Crippen LogP contribution >= 0.6 is 11.6 Å². The minimum atomic E-state index is -0.360. The minimum absolute atomic E-state index is 0.0684. The van der Waals surface area contributed by atoms with Crippen LogP contribution in [-0.4, -0.2) is 21.7 Å². The van der Waals surface area contributed by atoms with Crippen LogP contribution in [0.5, 0.6) is 0 Å². The van der Waals surface area contributed by atoms with Gasteiger partial charge in [0.05, 0.1) is 5.56 Å². The highest BCUT2D eigenvalue weighted by atomic mass is 35.5. The van der Waals surface area contributed by atoms with Gasteiger partial charge in [-0.3, -0.25) is 9.59 Å². The van der Waals surface area contributed by atoms with Gasteiger partial charge in [0, 0.05) is 34.4 Å². The van der Waals surface area contributed by atoms with Gasteiger partial charge in [-0.2, -0.15) is 0 Å². The van der Waals surface area contributed by atoms with Crippen LogP contribution in [0.2, 0.25) is 5.02 Å². The average molecular weight is 381 g/mol. The number of ketones is 1. The Hall–Kier alpha value is -3.25. The van der Waals surface area contributed by atoms with Crippen molar-refractivity contribution < 1.29 is 9.59 Å². The van der Waals surface area contributed by atoms with Crippen molar-refractivity contribution in [3.05, 3.63) is 76.6 Å². The van der Waals surface area contributed by atoms with Crippen LogP contribution in [-0.2, 0) is 0 Å². The van der Waals surface area contributed by atoms with E-state index in [1.807, 2.05) is 19.1 Å². The van der Waals surface area contributed by atoms with E-state index in [0.717, 1.165) is 11.3 Å². The summed E-state index contributed by atoms with van der Waals surface area (Å²) in [6.07, 6.45) is 2.86. The molecule has 1 aromatic heterocycles. The Morgan fingerprint density at radius 2 is 1.70 bits per heavy atom. The SMILES string of the molecule is CC(=O)c1cccc(NC(=O)c2cnc(Nc3cccc(Cl)c3C)nc2)c1. The van der Waals surface area contributed by atoms with Gasteiger partial charge >= 0.3 is 0 Å². The molecule has 0 aliphatic carbocycles. The van der Waals surface area contributed by atoms with Gasteiger partial charge in [-0.15, -0.1) is 0 Å². The fourth-order valence-corrected chi connectivity index (χ4v) is 2.57. The highest BCUT2D eigenvalue weighted by Gasteiger charge is 2.10. The summed E-state index contributed by atoms with van der Waals surface area (Å²) in [4.78, 5) is 32.1. The summed E-state index contributed by atoms with van der Waals surface area (Å²) in [6, 6.07) is 12.2. The van der Waals surface area contributed by atoms with Gasteiger partial charge in [0.2, 0.25) is 5.95 Å². The number of amides is 1. The highest BCUT2D eigenvalue weighted by molar-refractivity contribution is 6.31. The lowest BCUT2D eigenvalue weighted by Crippen LogP contribution is -2.13. The smallest absolute Gasteiger partial charge is 0.258 e. The van der Waals surface area contributed by atoms with E-state index in [-0.39, 0.29) is 11.7 Å². The summed E-state index contributed by atoms with van der Waals surface area (Å²) in [5.74, 6) is -0.0714. The van der Waals surface area contributed by atoms with E-state index in [4.69, 9.17) is 11.6 Å². The minimum Gasteiger partial charge on any atom is -0.324 e. The van der Waals surface area contributed by atoms with Gasteiger partial charge in [-0.25, -0.2) is 9.97 Å². The normalized spacial score (nSPS) is 10.3. The second-order valence-corrected chi connectivity index (χ2v) is 6.33. The van der Waals surface area contributed by atoms with Crippen molar-refractivity contribution in [3.8, 4) is 0 Å². The third kappa shape index (κ3) is 4.48. The van der Waals surface area contributed by atoms with Crippen molar-refractivity contribution in [2.45, 2.75) is 13.8 Å². The first kappa shape index (κ1) is 18.5. The number of halogens is 1. The van der Waals surface area contributed by atoms with E-state index < -0.39 is 0 Å². The Balaban J connectivity index is 1.71. The van der Waals surface area contributed by atoms with Crippen LogP contribution in [0.1, 0.15) is 33.2 Å². The predicted octanol–water partition coefficient (Wildman–Crippen LogP) is 4.64. The molecule has 1 heterocycles. The summed E-state index contributed by atoms with van der Waals surface area (Å²) >= 11 is 6.10. The van der Waals surface area contributed by atoms with Crippen LogP contribution < -0.4 is 10.6 Å². The average Bonchev–Trinajstić information content (AvgIpc) is 2.66. The van der Waals surface area contributed by atoms with Crippen molar-refractivity contribution in [2.75, 3.05) is 10.6 Å². The first-order valence-corrected chi connectivity index (χ1v) is 8.58. The summed E-state index contributed by atoms with van der Waals surface area (Å²) < 4.78 is 0. The Kier molecular flexibility index (Phi) is 5.47. The van der Waals surface area contributed by atoms with Gasteiger partial charge in [0.25, 0.3) is 5.91 Å². The number of anilines is 3. The molecule has 3 aromatic rings. The number of hydrogen-bond donors (Lipinski definition) is 2. The largest absolute Gasteiger partial charge is 0.324 e. The first-order valence-electron chi connectivity index (χ1n) is 8.20. The molecule has 7 heteroatoms. The van der Waals surface area contributed by atoms with Crippen molar-refractivity contribution in [1.29, 1.82) is 0 Å². The van der Waals surface area contributed by atoms with Gasteiger partial charge in [-0.1, -0.05) is 29.8 Å². The molecule has 6 nitrogen and oxygen atoms in total. The second kappa shape index (κ2) is 7.97. The lowest BCUT2D eigenvalue weighted by Gasteiger charge is -2.10. The molecule has 0 spiro atoms. The van der Waals surface area contributed by atoms with Crippen LogP contribution in [0.15, 0.2) is 54.9 Å². The van der Waals surface area contributed by atoms with Crippen LogP contribution in [0.4, 0.5) is 17.3 Å². The number of nitrogens with one attached hydrogen (secondary N) is 2. The highest BCUT2D eigenvalue weighted by Crippen LogP contribution is 2.24. The molecule has 0 radical (unpaired) electrons. The molecule has 0 saturated heterocycles. The number of nitrogens with zero attached hydrogens (tertiary/aromatic N) is 2. The topological polar surface area (TPSA) is 84.0 Å². The number of hydrogen-bond acceptors (Lipinski definition) is 5. The molecule has 0 atom stereocenters. The third-order valence-corrected chi connectivity index (χ3v) is 4.36. The monoisotopic (exact) mass is 380 g/mol. The van der Waals surface area contributed by atoms with Gasteiger partial charge < -0.3 is 10.6 Å². The third-order valence-electron chi connectivity index (χ3n) is 3.96. The number of carbonyl (C=O) groups excluding carboxylic acids is 2. The van der Waals surface area contributed by atoms with Crippen molar-refractivity contribution in [3.63, 3.8) is 0 Å². The van der Waals surface area contributed by atoms with Gasteiger partial charge in [-0.05, 0) is 43.7 Å². The van der Waals surface area contributed by atoms with E-state index in [0.29, 0.717) is 27.8 Å². The van der Waals surface area contributed by atoms with E-state index in [1.54, 1.807) is 30.3 Å². The zero-order valence-corrected chi connectivity index (χ0v) is 15.5. The molecule has 2 aromatic carbocycles. The van der Waals surface area contributed by atoms with Crippen molar-refractivity contribution in [2.24, 2.45) is 0 Å². The maximum absolute atomic E-state index is 12.3. The Labute approximate surface area is 161 Å². The molecule has 2 N–H and O–H groups in total. The zero-order valence-electron chi connectivity index (χ0n) is 14.8. The lowest BCUT2D eigenvalue weighted by molar-refractivity contribution is 0.101. The molecule has 1 amide bonds. The molecule has 0 saturated carbocycles. The summed E-state index contributed by atoms with van der Waals surface area (Å²) in [5.41, 5.74) is 3.04. The quantitative estimate of drug-likeness (QED) is 0.630. The van der Waals surface area contributed by atoms with Gasteiger partial charge in [0.1, 0.15) is 0 Å². The van der Waals surface area contributed by atoms with E-state index in [2.05, 4.69) is 20.6 Å². The Morgan fingerprint density at radius 3 is 2.41 bits per heavy atom. The first-order chi connectivity index (χ1) is 12.9. The summed E-state index contributed by atoms with van der Waals surface area (Å²) in [7, 11) is 0.